The van der Waals surface area contributed by atoms with Gasteiger partial charge in [-0.2, -0.15) is 0 Å². The van der Waals surface area contributed by atoms with E-state index in [1.807, 2.05) is 12.1 Å². The van der Waals surface area contributed by atoms with Gasteiger partial charge in [0.05, 0.1) is 27.2 Å². The SMILES string of the molecule is COC(=O)C1(NC(=O)CCOc2cccc(OC)c2)CCOCC1. The molecular formula is C17H23NO6. The second kappa shape index (κ2) is 8.54. The highest BCUT2D eigenvalue weighted by Crippen LogP contribution is 2.23. The maximum Gasteiger partial charge on any atom is 0.331 e. The minimum absolute atomic E-state index is 0.136. The van der Waals surface area contributed by atoms with E-state index >= 15 is 0 Å². The molecule has 0 aromatic heterocycles. The molecule has 1 heterocycles. The van der Waals surface area contributed by atoms with E-state index < -0.39 is 11.5 Å². The normalized spacial score (nSPS) is 16.1. The Bertz CT molecular complexity index is 568. The van der Waals surface area contributed by atoms with E-state index in [1.165, 1.54) is 7.11 Å². The molecule has 24 heavy (non-hydrogen) atoms. The third-order valence-electron chi connectivity index (χ3n) is 3.94. The minimum atomic E-state index is -1.000. The lowest BCUT2D eigenvalue weighted by atomic mass is 9.90. The third-order valence-corrected chi connectivity index (χ3v) is 3.94. The molecule has 7 nitrogen and oxygen atoms in total. The van der Waals surface area contributed by atoms with Gasteiger partial charge < -0.3 is 24.3 Å². The quantitative estimate of drug-likeness (QED) is 0.755. The van der Waals surface area contributed by atoms with Crippen LogP contribution in [0.1, 0.15) is 19.3 Å². The van der Waals surface area contributed by atoms with Crippen molar-refractivity contribution in [3.05, 3.63) is 24.3 Å². The molecule has 7 heteroatoms. The van der Waals surface area contributed by atoms with E-state index in [9.17, 15) is 9.59 Å². The molecule has 1 aromatic rings. The van der Waals surface area contributed by atoms with E-state index in [-0.39, 0.29) is 18.9 Å². The summed E-state index contributed by atoms with van der Waals surface area (Å²) >= 11 is 0. The first-order chi connectivity index (χ1) is 11.6. The van der Waals surface area contributed by atoms with Crippen LogP contribution in [-0.4, -0.2) is 51.5 Å². The average molecular weight is 337 g/mol. The average Bonchev–Trinajstić information content (AvgIpc) is 2.62. The molecule has 1 N–H and O–H groups in total. The number of hydrogen-bond acceptors (Lipinski definition) is 6. The molecule has 0 aliphatic carbocycles. The Morgan fingerprint density at radius 2 is 1.92 bits per heavy atom. The van der Waals surface area contributed by atoms with Crippen molar-refractivity contribution >= 4 is 11.9 Å². The van der Waals surface area contributed by atoms with Crippen LogP contribution in [0.2, 0.25) is 0 Å². The highest BCUT2D eigenvalue weighted by molar-refractivity contribution is 5.88. The molecule has 0 radical (unpaired) electrons. The zero-order valence-electron chi connectivity index (χ0n) is 14.0. The summed E-state index contributed by atoms with van der Waals surface area (Å²) in [6.45, 7) is 1.03. The van der Waals surface area contributed by atoms with E-state index in [0.29, 0.717) is 37.6 Å². The van der Waals surface area contributed by atoms with Crippen LogP contribution < -0.4 is 14.8 Å². The van der Waals surface area contributed by atoms with Crippen LogP contribution in [0.4, 0.5) is 0 Å². The van der Waals surface area contributed by atoms with Crippen molar-refractivity contribution in [2.24, 2.45) is 0 Å². The summed E-state index contributed by atoms with van der Waals surface area (Å²) in [6.07, 6.45) is 0.946. The number of amides is 1. The summed E-state index contributed by atoms with van der Waals surface area (Å²) in [5.41, 5.74) is -1.000. The molecule has 2 rings (SSSR count). The molecule has 0 spiro atoms. The number of carbonyl (C=O) groups is 2. The number of carbonyl (C=O) groups excluding carboxylic acids is 2. The molecule has 0 atom stereocenters. The number of nitrogens with one attached hydrogen (secondary N) is 1. The fraction of sp³-hybridized carbons (Fsp3) is 0.529. The lowest BCUT2D eigenvalue weighted by Gasteiger charge is -2.35. The van der Waals surface area contributed by atoms with Crippen LogP contribution in [0.25, 0.3) is 0 Å². The molecule has 1 aromatic carbocycles. The minimum Gasteiger partial charge on any atom is -0.497 e. The van der Waals surface area contributed by atoms with Gasteiger partial charge in [0.2, 0.25) is 5.91 Å². The van der Waals surface area contributed by atoms with Gasteiger partial charge in [-0.05, 0) is 12.1 Å². The van der Waals surface area contributed by atoms with E-state index in [0.717, 1.165) is 0 Å². The number of ether oxygens (including phenoxy) is 4. The molecule has 0 saturated carbocycles. The fourth-order valence-electron chi connectivity index (χ4n) is 2.58. The Hall–Kier alpha value is -2.28. The van der Waals surface area contributed by atoms with Crippen molar-refractivity contribution < 1.29 is 28.5 Å². The highest BCUT2D eigenvalue weighted by Gasteiger charge is 2.42. The summed E-state index contributed by atoms with van der Waals surface area (Å²) in [6, 6.07) is 7.15. The van der Waals surface area contributed by atoms with E-state index in [2.05, 4.69) is 5.32 Å². The summed E-state index contributed by atoms with van der Waals surface area (Å²) in [7, 11) is 2.89. The zero-order valence-corrected chi connectivity index (χ0v) is 14.0. The molecule has 1 fully saturated rings. The number of esters is 1. The molecule has 132 valence electrons. The lowest BCUT2D eigenvalue weighted by Crippen LogP contribution is -2.58. The van der Waals surface area contributed by atoms with Gasteiger partial charge in [0, 0.05) is 32.1 Å². The van der Waals surface area contributed by atoms with Crippen molar-refractivity contribution in [1.82, 2.24) is 5.32 Å². The summed E-state index contributed by atoms with van der Waals surface area (Å²) in [5, 5.41) is 2.79. The monoisotopic (exact) mass is 337 g/mol. The molecule has 0 unspecified atom stereocenters. The maximum atomic E-state index is 12.2. The van der Waals surface area contributed by atoms with Crippen LogP contribution in [0, 0.1) is 0 Å². The Labute approximate surface area is 141 Å². The number of benzene rings is 1. The van der Waals surface area contributed by atoms with Gasteiger partial charge in [-0.3, -0.25) is 4.79 Å². The van der Waals surface area contributed by atoms with Crippen molar-refractivity contribution in [3.63, 3.8) is 0 Å². The first-order valence-electron chi connectivity index (χ1n) is 7.84. The van der Waals surface area contributed by atoms with Crippen molar-refractivity contribution in [2.45, 2.75) is 24.8 Å². The van der Waals surface area contributed by atoms with Crippen LogP contribution in [-0.2, 0) is 19.1 Å². The van der Waals surface area contributed by atoms with E-state index in [1.54, 1.807) is 19.2 Å². The zero-order chi connectivity index (χ0) is 17.4. The van der Waals surface area contributed by atoms with E-state index in [4.69, 9.17) is 18.9 Å². The number of rotatable bonds is 7. The lowest BCUT2D eigenvalue weighted by molar-refractivity contribution is -0.155. The van der Waals surface area contributed by atoms with Gasteiger partial charge in [0.1, 0.15) is 17.0 Å². The fourth-order valence-corrected chi connectivity index (χ4v) is 2.58. The highest BCUT2D eigenvalue weighted by atomic mass is 16.5. The Kier molecular flexibility index (Phi) is 6.43. The Morgan fingerprint density at radius 3 is 2.58 bits per heavy atom. The largest absolute Gasteiger partial charge is 0.497 e. The standard InChI is InChI=1S/C17H23NO6/c1-21-13-4-3-5-14(12-13)24-9-6-15(19)18-17(16(20)22-2)7-10-23-11-8-17/h3-5,12H,6-11H2,1-2H3,(H,18,19). The van der Waals surface area contributed by atoms with Crippen LogP contribution >= 0.6 is 0 Å². The second-order valence-corrected chi connectivity index (χ2v) is 5.51. The smallest absolute Gasteiger partial charge is 0.331 e. The van der Waals surface area contributed by atoms with Gasteiger partial charge in [-0.25, -0.2) is 4.79 Å². The number of hydrogen-bond donors (Lipinski definition) is 1. The van der Waals surface area contributed by atoms with Crippen LogP contribution in [0.15, 0.2) is 24.3 Å². The molecule has 1 aliphatic rings. The summed E-state index contributed by atoms with van der Waals surface area (Å²) in [5.74, 6) is 0.609. The van der Waals surface area contributed by atoms with Crippen molar-refractivity contribution in [3.8, 4) is 11.5 Å². The molecular weight excluding hydrogens is 314 g/mol. The van der Waals surface area contributed by atoms with Crippen LogP contribution in [0.5, 0.6) is 11.5 Å². The third kappa shape index (κ3) is 4.61. The molecule has 1 amide bonds. The predicted octanol–water partition coefficient (Wildman–Crippen LogP) is 1.30. The van der Waals surface area contributed by atoms with Crippen LogP contribution in [0.3, 0.4) is 0 Å². The number of methoxy groups -OCH3 is 2. The van der Waals surface area contributed by atoms with Crippen molar-refractivity contribution in [1.29, 1.82) is 0 Å². The Balaban J connectivity index is 1.86. The first kappa shape index (κ1) is 18.1. The Morgan fingerprint density at radius 1 is 1.21 bits per heavy atom. The van der Waals surface area contributed by atoms with Gasteiger partial charge in [0.25, 0.3) is 0 Å². The topological polar surface area (TPSA) is 83.1 Å². The molecule has 0 bridgehead atoms. The van der Waals surface area contributed by atoms with Crippen molar-refractivity contribution in [2.75, 3.05) is 34.0 Å². The van der Waals surface area contributed by atoms with Gasteiger partial charge >= 0.3 is 5.97 Å². The van der Waals surface area contributed by atoms with Gasteiger partial charge in [-0.1, -0.05) is 6.07 Å². The molecule has 1 saturated heterocycles. The maximum absolute atomic E-state index is 12.2. The first-order valence-corrected chi connectivity index (χ1v) is 7.84. The summed E-state index contributed by atoms with van der Waals surface area (Å²) < 4.78 is 20.8. The summed E-state index contributed by atoms with van der Waals surface area (Å²) in [4.78, 5) is 24.2. The van der Waals surface area contributed by atoms with Gasteiger partial charge in [-0.15, -0.1) is 0 Å². The predicted molar refractivity (Wildman–Crippen MR) is 86.0 cm³/mol. The van der Waals surface area contributed by atoms with Gasteiger partial charge in [0.15, 0.2) is 0 Å². The second-order valence-electron chi connectivity index (χ2n) is 5.51. The molecule has 1 aliphatic heterocycles.